The van der Waals surface area contributed by atoms with E-state index in [1.807, 2.05) is 6.07 Å². The van der Waals surface area contributed by atoms with Crippen molar-refractivity contribution >= 4 is 5.69 Å². The van der Waals surface area contributed by atoms with Crippen LogP contribution in [0, 0.1) is 6.92 Å². The Balaban J connectivity index is 2.04. The second-order valence-electron chi connectivity index (χ2n) is 4.98. The molecule has 0 saturated heterocycles. The lowest BCUT2D eigenvalue weighted by Gasteiger charge is -2.21. The summed E-state index contributed by atoms with van der Waals surface area (Å²) in [7, 11) is 0. The molecule has 0 aliphatic carbocycles. The fourth-order valence-corrected chi connectivity index (χ4v) is 2.22. The van der Waals surface area contributed by atoms with Gasteiger partial charge in [-0.05, 0) is 36.2 Å². The number of benzene rings is 2. The van der Waals surface area contributed by atoms with Gasteiger partial charge in [0.1, 0.15) is 0 Å². The fraction of sp³-hybridized carbons (Fsp3) is 0.294. The summed E-state index contributed by atoms with van der Waals surface area (Å²) in [5.41, 5.74) is 10.6. The van der Waals surface area contributed by atoms with Crippen LogP contribution < -0.4 is 5.73 Å². The molecular formula is C17H22N2. The van der Waals surface area contributed by atoms with Crippen LogP contribution in [0.5, 0.6) is 0 Å². The van der Waals surface area contributed by atoms with Crippen molar-refractivity contribution < 1.29 is 0 Å². The monoisotopic (exact) mass is 254 g/mol. The highest BCUT2D eigenvalue weighted by molar-refractivity contribution is 5.47. The molecule has 0 aliphatic heterocycles. The molecule has 0 atom stereocenters. The summed E-state index contributed by atoms with van der Waals surface area (Å²) < 4.78 is 0. The van der Waals surface area contributed by atoms with E-state index in [1.54, 1.807) is 0 Å². The van der Waals surface area contributed by atoms with Crippen LogP contribution >= 0.6 is 0 Å². The minimum Gasteiger partial charge on any atom is -0.399 e. The van der Waals surface area contributed by atoms with Crippen LogP contribution in [0.3, 0.4) is 0 Å². The zero-order chi connectivity index (χ0) is 13.7. The third-order valence-corrected chi connectivity index (χ3v) is 3.44. The van der Waals surface area contributed by atoms with Crippen LogP contribution in [0.15, 0.2) is 48.5 Å². The lowest BCUT2D eigenvalue weighted by molar-refractivity contribution is 0.271. The molecule has 19 heavy (non-hydrogen) atoms. The van der Waals surface area contributed by atoms with E-state index < -0.39 is 0 Å². The van der Waals surface area contributed by atoms with E-state index in [4.69, 9.17) is 5.73 Å². The first-order chi connectivity index (χ1) is 9.19. The van der Waals surface area contributed by atoms with Gasteiger partial charge in [-0.2, -0.15) is 0 Å². The highest BCUT2D eigenvalue weighted by Crippen LogP contribution is 2.15. The van der Waals surface area contributed by atoms with Crippen LogP contribution in [-0.2, 0) is 13.1 Å². The minimum absolute atomic E-state index is 0.870. The van der Waals surface area contributed by atoms with Crippen molar-refractivity contribution in [3.05, 3.63) is 65.2 Å². The van der Waals surface area contributed by atoms with Crippen molar-refractivity contribution in [2.24, 2.45) is 0 Å². The average molecular weight is 254 g/mol. The zero-order valence-corrected chi connectivity index (χ0v) is 11.8. The Morgan fingerprint density at radius 3 is 2.26 bits per heavy atom. The number of nitrogens with two attached hydrogens (primary N) is 1. The summed E-state index contributed by atoms with van der Waals surface area (Å²) in [6.07, 6.45) is 0. The third kappa shape index (κ3) is 3.83. The molecule has 2 N–H and O–H groups in total. The highest BCUT2D eigenvalue weighted by Gasteiger charge is 2.05. The molecule has 2 aromatic carbocycles. The second kappa shape index (κ2) is 6.39. The Labute approximate surface area is 115 Å². The number of rotatable bonds is 5. The van der Waals surface area contributed by atoms with Crippen molar-refractivity contribution in [2.45, 2.75) is 26.9 Å². The molecule has 0 unspecified atom stereocenters. The predicted molar refractivity (Wildman–Crippen MR) is 81.8 cm³/mol. The van der Waals surface area contributed by atoms with Crippen molar-refractivity contribution in [1.29, 1.82) is 0 Å². The van der Waals surface area contributed by atoms with Gasteiger partial charge in [0.25, 0.3) is 0 Å². The maximum atomic E-state index is 5.86. The standard InChI is InChI=1S/C17H22N2/c1-3-19(12-15-7-5-4-6-8-15)13-16-9-10-17(18)14(2)11-16/h4-11H,3,12-13,18H2,1-2H3. The quantitative estimate of drug-likeness (QED) is 0.826. The van der Waals surface area contributed by atoms with Crippen molar-refractivity contribution in [3.63, 3.8) is 0 Å². The molecule has 0 aromatic heterocycles. The molecule has 0 spiro atoms. The number of nitrogens with zero attached hydrogens (tertiary/aromatic N) is 1. The SMILES string of the molecule is CCN(Cc1ccccc1)Cc1ccc(N)c(C)c1. The molecule has 0 aliphatic rings. The lowest BCUT2D eigenvalue weighted by Crippen LogP contribution is -2.22. The van der Waals surface area contributed by atoms with Crippen LogP contribution in [0.1, 0.15) is 23.6 Å². The summed E-state index contributed by atoms with van der Waals surface area (Å²) in [5, 5.41) is 0. The number of hydrogen-bond acceptors (Lipinski definition) is 2. The predicted octanol–water partition coefficient (Wildman–Crippen LogP) is 3.60. The van der Waals surface area contributed by atoms with Gasteiger partial charge in [0.2, 0.25) is 0 Å². The van der Waals surface area contributed by atoms with Gasteiger partial charge in [-0.1, -0.05) is 49.4 Å². The topological polar surface area (TPSA) is 29.3 Å². The van der Waals surface area contributed by atoms with Crippen molar-refractivity contribution in [1.82, 2.24) is 4.90 Å². The zero-order valence-electron chi connectivity index (χ0n) is 11.8. The highest BCUT2D eigenvalue weighted by atomic mass is 15.1. The normalized spacial score (nSPS) is 10.9. The molecule has 0 fully saturated rings. The first-order valence-electron chi connectivity index (χ1n) is 6.80. The van der Waals surface area contributed by atoms with E-state index in [2.05, 4.69) is 61.2 Å². The number of nitrogen functional groups attached to an aromatic ring is 1. The van der Waals surface area contributed by atoms with Gasteiger partial charge in [0.05, 0.1) is 0 Å². The van der Waals surface area contributed by atoms with E-state index >= 15 is 0 Å². The summed E-state index contributed by atoms with van der Waals surface area (Å²) in [6.45, 7) is 7.25. The summed E-state index contributed by atoms with van der Waals surface area (Å²) in [5.74, 6) is 0. The molecule has 100 valence electrons. The molecule has 0 saturated carbocycles. The van der Waals surface area contributed by atoms with Crippen molar-refractivity contribution in [3.8, 4) is 0 Å². The Bertz CT molecular complexity index is 520. The maximum Gasteiger partial charge on any atom is 0.0343 e. The van der Waals surface area contributed by atoms with Gasteiger partial charge in [-0.25, -0.2) is 0 Å². The van der Waals surface area contributed by atoms with Gasteiger partial charge in [0, 0.05) is 18.8 Å². The van der Waals surface area contributed by atoms with Crippen LogP contribution in [0.4, 0.5) is 5.69 Å². The molecule has 2 aromatic rings. The summed E-state index contributed by atoms with van der Waals surface area (Å²) in [4.78, 5) is 2.43. The van der Waals surface area contributed by atoms with E-state index in [9.17, 15) is 0 Å². The van der Waals surface area contributed by atoms with Crippen molar-refractivity contribution in [2.75, 3.05) is 12.3 Å². The van der Waals surface area contributed by atoms with Gasteiger partial charge < -0.3 is 5.73 Å². The summed E-state index contributed by atoms with van der Waals surface area (Å²) in [6, 6.07) is 16.9. The Morgan fingerprint density at radius 1 is 0.947 bits per heavy atom. The Morgan fingerprint density at radius 2 is 1.63 bits per heavy atom. The number of hydrogen-bond donors (Lipinski definition) is 1. The molecule has 2 rings (SSSR count). The van der Waals surface area contributed by atoms with Gasteiger partial charge in [-0.15, -0.1) is 0 Å². The molecule has 0 radical (unpaired) electrons. The molecule has 0 amide bonds. The molecule has 0 heterocycles. The third-order valence-electron chi connectivity index (χ3n) is 3.44. The number of aryl methyl sites for hydroxylation is 1. The van der Waals surface area contributed by atoms with E-state index in [1.165, 1.54) is 11.1 Å². The molecular weight excluding hydrogens is 232 g/mol. The first kappa shape index (κ1) is 13.6. The minimum atomic E-state index is 0.870. The first-order valence-corrected chi connectivity index (χ1v) is 6.80. The maximum absolute atomic E-state index is 5.86. The summed E-state index contributed by atoms with van der Waals surface area (Å²) >= 11 is 0. The number of anilines is 1. The van der Waals surface area contributed by atoms with Gasteiger partial charge >= 0.3 is 0 Å². The van der Waals surface area contributed by atoms with Crippen LogP contribution in [0.25, 0.3) is 0 Å². The second-order valence-corrected chi connectivity index (χ2v) is 4.98. The smallest absolute Gasteiger partial charge is 0.0343 e. The Kier molecular flexibility index (Phi) is 4.58. The molecule has 2 nitrogen and oxygen atoms in total. The molecule has 0 bridgehead atoms. The van der Waals surface area contributed by atoms with E-state index in [0.29, 0.717) is 0 Å². The van der Waals surface area contributed by atoms with Gasteiger partial charge in [0.15, 0.2) is 0 Å². The van der Waals surface area contributed by atoms with E-state index in [0.717, 1.165) is 30.9 Å². The fourth-order valence-electron chi connectivity index (χ4n) is 2.22. The Hall–Kier alpha value is -1.80. The van der Waals surface area contributed by atoms with Crippen LogP contribution in [0.2, 0.25) is 0 Å². The lowest BCUT2D eigenvalue weighted by atomic mass is 10.1. The largest absolute Gasteiger partial charge is 0.399 e. The average Bonchev–Trinajstić information content (AvgIpc) is 2.43. The van der Waals surface area contributed by atoms with E-state index in [-0.39, 0.29) is 0 Å². The van der Waals surface area contributed by atoms with Gasteiger partial charge in [-0.3, -0.25) is 4.90 Å². The molecule has 2 heteroatoms. The van der Waals surface area contributed by atoms with Crippen LogP contribution in [-0.4, -0.2) is 11.4 Å².